The minimum atomic E-state index is -1.39. The van der Waals surface area contributed by atoms with Crippen LogP contribution < -0.4 is 5.32 Å². The molecule has 2 unspecified atom stereocenters. The maximum Gasteiger partial charge on any atom is 0.269 e. The molecule has 0 bridgehead atoms. The molecule has 22 heavy (non-hydrogen) atoms. The van der Waals surface area contributed by atoms with Gasteiger partial charge in [0.25, 0.3) is 5.69 Å². The Kier molecular flexibility index (Phi) is 4.62. The second-order valence-corrected chi connectivity index (χ2v) is 6.57. The maximum atomic E-state index is 11.2. The van der Waals surface area contributed by atoms with Crippen LogP contribution in [0.25, 0.3) is 0 Å². The van der Waals surface area contributed by atoms with E-state index in [1.165, 1.54) is 38.1 Å². The summed E-state index contributed by atoms with van der Waals surface area (Å²) in [5, 5.41) is 13.2. The number of alkyl halides is 2. The Morgan fingerprint density at radius 1 is 1.41 bits per heavy atom. The number of ether oxygens (including phenoxy) is 2. The Balaban J connectivity index is 2.28. The van der Waals surface area contributed by atoms with Crippen LogP contribution in [0.5, 0.6) is 0 Å². The van der Waals surface area contributed by atoms with Crippen molar-refractivity contribution in [2.75, 3.05) is 6.61 Å². The molecule has 0 aromatic heterocycles. The number of nitro groups is 1. The molecule has 1 fully saturated rings. The van der Waals surface area contributed by atoms with Crippen molar-refractivity contribution in [1.29, 1.82) is 0 Å². The molecule has 0 aliphatic carbocycles. The van der Waals surface area contributed by atoms with Crippen LogP contribution in [0.15, 0.2) is 24.3 Å². The van der Waals surface area contributed by atoms with E-state index in [0.717, 1.165) is 0 Å². The van der Waals surface area contributed by atoms with Crippen LogP contribution in [0.1, 0.15) is 25.5 Å². The van der Waals surface area contributed by atoms with Crippen LogP contribution in [0.4, 0.5) is 5.69 Å². The summed E-state index contributed by atoms with van der Waals surface area (Å²) in [6.07, 6.45) is -0.831. The van der Waals surface area contributed by atoms with Gasteiger partial charge < -0.3 is 14.8 Å². The molecule has 0 radical (unpaired) electrons. The second kappa shape index (κ2) is 6.00. The van der Waals surface area contributed by atoms with Crippen LogP contribution in [-0.2, 0) is 14.3 Å². The standard InChI is InChI=1S/C13H14Cl2N2O5/c1-8(18)16-12(2)21-7-13(14,15)11(22-12)9-3-5-10(6-4-9)17(19)20/h3-6,11H,7H2,1-2H3,(H,16,18). The number of halogens is 2. The van der Waals surface area contributed by atoms with Crippen LogP contribution in [-0.4, -0.2) is 27.7 Å². The summed E-state index contributed by atoms with van der Waals surface area (Å²) < 4.78 is 9.68. The van der Waals surface area contributed by atoms with Crippen molar-refractivity contribution in [3.05, 3.63) is 39.9 Å². The smallest absolute Gasteiger partial charge is 0.269 e. The molecule has 2 rings (SSSR count). The lowest BCUT2D eigenvalue weighted by Crippen LogP contribution is -2.57. The minimum absolute atomic E-state index is 0.0600. The average molecular weight is 349 g/mol. The highest BCUT2D eigenvalue weighted by Gasteiger charge is 2.49. The number of hydrogen-bond donors (Lipinski definition) is 1. The van der Waals surface area contributed by atoms with E-state index in [1.54, 1.807) is 0 Å². The summed E-state index contributed by atoms with van der Waals surface area (Å²) in [6, 6.07) is 5.66. The van der Waals surface area contributed by atoms with Gasteiger partial charge in [0.05, 0.1) is 11.5 Å². The Hall–Kier alpha value is -1.41. The Bertz CT molecular complexity index is 593. The van der Waals surface area contributed by atoms with E-state index in [0.29, 0.717) is 5.56 Å². The Morgan fingerprint density at radius 3 is 2.50 bits per heavy atom. The van der Waals surface area contributed by atoms with Crippen LogP contribution in [0.2, 0.25) is 0 Å². The van der Waals surface area contributed by atoms with Gasteiger partial charge in [-0.1, -0.05) is 23.2 Å². The van der Waals surface area contributed by atoms with Crippen molar-refractivity contribution in [2.24, 2.45) is 0 Å². The molecular formula is C13H14Cl2N2O5. The van der Waals surface area contributed by atoms with Gasteiger partial charge >= 0.3 is 0 Å². The number of amides is 1. The summed E-state index contributed by atoms with van der Waals surface area (Å²) in [7, 11) is 0. The van der Waals surface area contributed by atoms with E-state index >= 15 is 0 Å². The molecule has 1 N–H and O–H groups in total. The lowest BCUT2D eigenvalue weighted by Gasteiger charge is -2.44. The van der Waals surface area contributed by atoms with Gasteiger partial charge in [-0.3, -0.25) is 14.9 Å². The van der Waals surface area contributed by atoms with E-state index in [9.17, 15) is 14.9 Å². The number of non-ortho nitro benzene ring substituents is 1. The van der Waals surface area contributed by atoms with Gasteiger partial charge in [-0.05, 0) is 17.7 Å². The predicted octanol–water partition coefficient (Wildman–Crippen LogP) is 2.67. The van der Waals surface area contributed by atoms with E-state index in [4.69, 9.17) is 32.7 Å². The third-order valence-electron chi connectivity index (χ3n) is 3.08. The van der Waals surface area contributed by atoms with Crippen LogP contribution >= 0.6 is 23.2 Å². The zero-order chi connectivity index (χ0) is 16.5. The zero-order valence-corrected chi connectivity index (χ0v) is 13.4. The Morgan fingerprint density at radius 2 is 2.00 bits per heavy atom. The summed E-state index contributed by atoms with van der Waals surface area (Å²) in [5.74, 6) is -1.73. The largest absolute Gasteiger partial charge is 0.330 e. The van der Waals surface area contributed by atoms with Crippen molar-refractivity contribution < 1.29 is 19.2 Å². The lowest BCUT2D eigenvalue weighted by atomic mass is 10.0. The van der Waals surface area contributed by atoms with Crippen LogP contribution in [0.3, 0.4) is 0 Å². The molecule has 1 aliphatic rings. The number of benzene rings is 1. The molecule has 1 saturated heterocycles. The number of carbonyl (C=O) groups excluding carboxylic acids is 1. The first-order chi connectivity index (χ1) is 10.1. The molecule has 1 aliphatic heterocycles. The molecule has 0 spiro atoms. The molecule has 7 nitrogen and oxygen atoms in total. The monoisotopic (exact) mass is 348 g/mol. The van der Waals surface area contributed by atoms with Gasteiger partial charge in [-0.2, -0.15) is 0 Å². The van der Waals surface area contributed by atoms with E-state index in [-0.39, 0.29) is 18.2 Å². The number of nitrogens with one attached hydrogen (secondary N) is 1. The van der Waals surface area contributed by atoms with E-state index in [2.05, 4.69) is 5.32 Å². The molecule has 1 aromatic carbocycles. The van der Waals surface area contributed by atoms with Gasteiger partial charge in [0.2, 0.25) is 11.8 Å². The van der Waals surface area contributed by atoms with Crippen molar-refractivity contribution >= 4 is 34.8 Å². The fraction of sp³-hybridized carbons (Fsp3) is 0.462. The SMILES string of the molecule is CC(=O)NC1(C)OCC(Cl)(Cl)C(c2ccc([N+](=O)[O-])cc2)O1. The van der Waals surface area contributed by atoms with Crippen molar-refractivity contribution in [3.63, 3.8) is 0 Å². The molecule has 1 aromatic rings. The highest BCUT2D eigenvalue weighted by atomic mass is 35.5. The average Bonchev–Trinajstić information content (AvgIpc) is 2.41. The normalized spacial score (nSPS) is 27.2. The molecular weight excluding hydrogens is 335 g/mol. The number of carbonyl (C=O) groups is 1. The molecule has 120 valence electrons. The maximum absolute atomic E-state index is 11.2. The first kappa shape index (κ1) is 17.0. The minimum Gasteiger partial charge on any atom is -0.330 e. The quantitative estimate of drug-likeness (QED) is 0.515. The molecule has 2 atom stereocenters. The van der Waals surface area contributed by atoms with E-state index < -0.39 is 21.3 Å². The third kappa shape index (κ3) is 3.67. The number of rotatable bonds is 3. The third-order valence-corrected chi connectivity index (χ3v) is 3.69. The van der Waals surface area contributed by atoms with Gasteiger partial charge in [-0.25, -0.2) is 0 Å². The lowest BCUT2D eigenvalue weighted by molar-refractivity contribution is -0.384. The summed E-state index contributed by atoms with van der Waals surface area (Å²) in [5.41, 5.74) is 0.477. The topological polar surface area (TPSA) is 90.7 Å². The first-order valence-electron chi connectivity index (χ1n) is 6.36. The highest BCUT2D eigenvalue weighted by molar-refractivity contribution is 6.49. The fourth-order valence-corrected chi connectivity index (χ4v) is 2.57. The highest BCUT2D eigenvalue weighted by Crippen LogP contribution is 2.45. The van der Waals surface area contributed by atoms with Gasteiger partial charge in [0.15, 0.2) is 4.33 Å². The van der Waals surface area contributed by atoms with Gasteiger partial charge in [0, 0.05) is 26.0 Å². The number of hydrogen-bond acceptors (Lipinski definition) is 5. The van der Waals surface area contributed by atoms with Crippen LogP contribution in [0, 0.1) is 10.1 Å². The van der Waals surface area contributed by atoms with Gasteiger partial charge in [-0.15, -0.1) is 0 Å². The van der Waals surface area contributed by atoms with Crippen molar-refractivity contribution in [2.45, 2.75) is 30.2 Å². The van der Waals surface area contributed by atoms with Crippen molar-refractivity contribution in [3.8, 4) is 0 Å². The second-order valence-electron chi connectivity index (χ2n) is 5.02. The first-order valence-corrected chi connectivity index (χ1v) is 7.11. The number of nitro benzene ring substituents is 1. The van der Waals surface area contributed by atoms with Crippen molar-refractivity contribution in [1.82, 2.24) is 5.32 Å². The predicted molar refractivity (Wildman–Crippen MR) is 79.5 cm³/mol. The summed E-state index contributed by atoms with van der Waals surface area (Å²) in [6.45, 7) is 2.76. The summed E-state index contributed by atoms with van der Waals surface area (Å²) in [4.78, 5) is 21.4. The molecule has 0 saturated carbocycles. The van der Waals surface area contributed by atoms with Gasteiger partial charge in [0.1, 0.15) is 6.10 Å². The summed E-state index contributed by atoms with van der Waals surface area (Å²) >= 11 is 12.4. The molecule has 9 heteroatoms. The molecule has 1 heterocycles. The Labute approximate surface area is 136 Å². The fourth-order valence-electron chi connectivity index (χ4n) is 2.12. The number of nitrogens with zero attached hydrogens (tertiary/aromatic N) is 1. The van der Waals surface area contributed by atoms with E-state index in [1.807, 2.05) is 0 Å². The zero-order valence-electron chi connectivity index (χ0n) is 11.8. The molecule has 1 amide bonds.